The fraction of sp³-hybridized carbons (Fsp3) is 0.667. The average Bonchev–Trinajstić information content (AvgIpc) is 2.75. The summed E-state index contributed by atoms with van der Waals surface area (Å²) in [6.07, 6.45) is 0.599. The number of amides is 1. The van der Waals surface area contributed by atoms with E-state index < -0.39 is 0 Å². The molecule has 1 aromatic rings. The number of rotatable bonds is 3. The second-order valence-electron chi connectivity index (χ2n) is 4.45. The van der Waals surface area contributed by atoms with Crippen molar-refractivity contribution in [1.82, 2.24) is 15.0 Å². The van der Waals surface area contributed by atoms with Crippen LogP contribution >= 0.6 is 0 Å². The van der Waals surface area contributed by atoms with Gasteiger partial charge in [0.1, 0.15) is 0 Å². The van der Waals surface area contributed by atoms with Crippen LogP contribution in [0.1, 0.15) is 24.8 Å². The van der Waals surface area contributed by atoms with E-state index in [4.69, 9.17) is 4.52 Å². The van der Waals surface area contributed by atoms with Crippen molar-refractivity contribution in [2.24, 2.45) is 0 Å². The van der Waals surface area contributed by atoms with E-state index in [1.165, 1.54) is 0 Å². The molecule has 5 heteroatoms. The lowest BCUT2D eigenvalue weighted by Gasteiger charge is -2.34. The van der Waals surface area contributed by atoms with Gasteiger partial charge in [0, 0.05) is 38.7 Å². The number of carbonyl (C=O) groups is 1. The zero-order chi connectivity index (χ0) is 12.3. The van der Waals surface area contributed by atoms with Crippen LogP contribution in [0.25, 0.3) is 0 Å². The number of hydrogen-bond donors (Lipinski definition) is 0. The molecule has 5 nitrogen and oxygen atoms in total. The van der Waals surface area contributed by atoms with Gasteiger partial charge in [0.25, 0.3) is 0 Å². The summed E-state index contributed by atoms with van der Waals surface area (Å²) in [6, 6.07) is 1.96. The summed E-state index contributed by atoms with van der Waals surface area (Å²) < 4.78 is 5.19. The van der Waals surface area contributed by atoms with Crippen molar-refractivity contribution in [2.75, 3.05) is 26.2 Å². The predicted molar refractivity (Wildman–Crippen MR) is 63.4 cm³/mol. The van der Waals surface area contributed by atoms with E-state index in [0.717, 1.165) is 44.2 Å². The summed E-state index contributed by atoms with van der Waals surface area (Å²) in [5.74, 6) is 1.15. The van der Waals surface area contributed by atoms with Gasteiger partial charge in [-0.2, -0.15) is 0 Å². The minimum atomic E-state index is 0.250. The van der Waals surface area contributed by atoms with Crippen molar-refractivity contribution in [1.29, 1.82) is 0 Å². The topological polar surface area (TPSA) is 49.6 Å². The minimum Gasteiger partial charge on any atom is -0.360 e. The summed E-state index contributed by atoms with van der Waals surface area (Å²) in [7, 11) is 0. The minimum absolute atomic E-state index is 0.250. The Kier molecular flexibility index (Phi) is 3.78. The van der Waals surface area contributed by atoms with Crippen molar-refractivity contribution in [3.05, 3.63) is 17.5 Å². The fourth-order valence-corrected chi connectivity index (χ4v) is 2.09. The maximum atomic E-state index is 11.5. The molecular weight excluding hydrogens is 218 g/mol. The van der Waals surface area contributed by atoms with E-state index in [2.05, 4.69) is 10.1 Å². The van der Waals surface area contributed by atoms with Gasteiger partial charge in [0.15, 0.2) is 5.76 Å². The van der Waals surface area contributed by atoms with Crippen LogP contribution in [0.15, 0.2) is 10.6 Å². The van der Waals surface area contributed by atoms with Crippen LogP contribution in [-0.2, 0) is 11.3 Å². The van der Waals surface area contributed by atoms with E-state index in [9.17, 15) is 4.79 Å². The van der Waals surface area contributed by atoms with Crippen molar-refractivity contribution in [3.8, 4) is 0 Å². The second-order valence-corrected chi connectivity index (χ2v) is 4.45. The molecule has 1 saturated heterocycles. The Morgan fingerprint density at radius 2 is 2.12 bits per heavy atom. The van der Waals surface area contributed by atoms with Gasteiger partial charge in [0.05, 0.1) is 12.2 Å². The van der Waals surface area contributed by atoms with Gasteiger partial charge in [-0.25, -0.2) is 0 Å². The smallest absolute Gasteiger partial charge is 0.222 e. The second kappa shape index (κ2) is 5.31. The Morgan fingerprint density at radius 3 is 2.65 bits per heavy atom. The van der Waals surface area contributed by atoms with Gasteiger partial charge in [-0.05, 0) is 6.92 Å². The van der Waals surface area contributed by atoms with Gasteiger partial charge in [-0.3, -0.25) is 9.69 Å². The number of aryl methyl sites for hydroxylation is 1. The molecule has 0 saturated carbocycles. The highest BCUT2D eigenvalue weighted by atomic mass is 16.5. The molecule has 0 spiro atoms. The van der Waals surface area contributed by atoms with Crippen LogP contribution in [0.3, 0.4) is 0 Å². The Labute approximate surface area is 101 Å². The maximum Gasteiger partial charge on any atom is 0.222 e. The van der Waals surface area contributed by atoms with Gasteiger partial charge in [0.2, 0.25) is 5.91 Å². The third-order valence-corrected chi connectivity index (χ3v) is 3.08. The molecule has 0 aliphatic carbocycles. The normalized spacial score (nSPS) is 17.4. The van der Waals surface area contributed by atoms with Gasteiger partial charge in [-0.1, -0.05) is 12.1 Å². The Morgan fingerprint density at radius 1 is 1.41 bits per heavy atom. The van der Waals surface area contributed by atoms with Crippen molar-refractivity contribution in [2.45, 2.75) is 26.8 Å². The molecule has 1 aliphatic heterocycles. The highest BCUT2D eigenvalue weighted by molar-refractivity contribution is 5.75. The Balaban J connectivity index is 1.81. The Bertz CT molecular complexity index is 381. The van der Waals surface area contributed by atoms with Crippen LogP contribution < -0.4 is 0 Å². The number of nitrogens with zero attached hydrogens (tertiary/aromatic N) is 3. The number of aromatic nitrogens is 1. The monoisotopic (exact) mass is 237 g/mol. The first-order valence-electron chi connectivity index (χ1n) is 6.11. The molecule has 94 valence electrons. The van der Waals surface area contributed by atoms with Crippen molar-refractivity contribution < 1.29 is 9.32 Å². The lowest BCUT2D eigenvalue weighted by atomic mass is 10.2. The van der Waals surface area contributed by atoms with Gasteiger partial charge >= 0.3 is 0 Å². The lowest BCUT2D eigenvalue weighted by Crippen LogP contribution is -2.48. The summed E-state index contributed by atoms with van der Waals surface area (Å²) in [5.41, 5.74) is 0.916. The molecule has 1 aliphatic rings. The first-order valence-corrected chi connectivity index (χ1v) is 6.11. The molecule has 2 rings (SSSR count). The van der Waals surface area contributed by atoms with Crippen LogP contribution in [0, 0.1) is 6.92 Å². The number of hydrogen-bond acceptors (Lipinski definition) is 4. The van der Waals surface area contributed by atoms with Crippen molar-refractivity contribution in [3.63, 3.8) is 0 Å². The van der Waals surface area contributed by atoms with E-state index in [1.807, 2.05) is 24.8 Å². The average molecular weight is 237 g/mol. The quantitative estimate of drug-likeness (QED) is 0.788. The maximum absolute atomic E-state index is 11.5. The van der Waals surface area contributed by atoms with Crippen LogP contribution in [0.2, 0.25) is 0 Å². The van der Waals surface area contributed by atoms with E-state index in [1.54, 1.807) is 0 Å². The standard InChI is InChI=1S/C12H19N3O2/c1-3-12(16)15-6-4-14(5-7-15)9-11-8-10(2)13-17-11/h8H,3-7,9H2,1-2H3. The highest BCUT2D eigenvalue weighted by Crippen LogP contribution is 2.10. The Hall–Kier alpha value is -1.36. The molecular formula is C12H19N3O2. The van der Waals surface area contributed by atoms with Crippen LogP contribution in [-0.4, -0.2) is 47.0 Å². The third-order valence-electron chi connectivity index (χ3n) is 3.08. The van der Waals surface area contributed by atoms with Crippen molar-refractivity contribution >= 4 is 5.91 Å². The first kappa shape index (κ1) is 12.1. The van der Waals surface area contributed by atoms with Crippen LogP contribution in [0.4, 0.5) is 0 Å². The third kappa shape index (κ3) is 3.06. The van der Waals surface area contributed by atoms with E-state index >= 15 is 0 Å². The largest absolute Gasteiger partial charge is 0.360 e. The molecule has 1 fully saturated rings. The van der Waals surface area contributed by atoms with Crippen LogP contribution in [0.5, 0.6) is 0 Å². The molecule has 0 aromatic carbocycles. The molecule has 0 unspecified atom stereocenters. The van der Waals surface area contributed by atoms with E-state index in [-0.39, 0.29) is 5.91 Å². The summed E-state index contributed by atoms with van der Waals surface area (Å²) in [4.78, 5) is 15.7. The first-order chi connectivity index (χ1) is 8.19. The molecule has 1 aromatic heterocycles. The zero-order valence-corrected chi connectivity index (χ0v) is 10.5. The molecule has 0 radical (unpaired) electrons. The summed E-state index contributed by atoms with van der Waals surface area (Å²) in [5, 5.41) is 3.87. The number of piperazine rings is 1. The molecule has 0 bridgehead atoms. The number of carbonyl (C=O) groups excluding carboxylic acids is 1. The molecule has 17 heavy (non-hydrogen) atoms. The zero-order valence-electron chi connectivity index (χ0n) is 10.5. The molecule has 2 heterocycles. The van der Waals surface area contributed by atoms with E-state index in [0.29, 0.717) is 6.42 Å². The summed E-state index contributed by atoms with van der Waals surface area (Å²) in [6.45, 7) is 8.07. The van der Waals surface area contributed by atoms with Gasteiger partial charge < -0.3 is 9.42 Å². The summed E-state index contributed by atoms with van der Waals surface area (Å²) >= 11 is 0. The highest BCUT2D eigenvalue weighted by Gasteiger charge is 2.20. The lowest BCUT2D eigenvalue weighted by molar-refractivity contribution is -0.132. The molecule has 1 amide bonds. The SMILES string of the molecule is CCC(=O)N1CCN(Cc2cc(C)no2)CC1. The molecule has 0 N–H and O–H groups in total. The predicted octanol–water partition coefficient (Wildman–Crippen LogP) is 1.04. The molecule has 0 atom stereocenters. The fourth-order valence-electron chi connectivity index (χ4n) is 2.09. The van der Waals surface area contributed by atoms with Gasteiger partial charge in [-0.15, -0.1) is 0 Å².